The van der Waals surface area contributed by atoms with Crippen LogP contribution in [0, 0.1) is 11.8 Å². The molecule has 1 amide bonds. The van der Waals surface area contributed by atoms with E-state index in [-0.39, 0.29) is 24.8 Å². The number of nitrogens with one attached hydrogen (secondary N) is 1. The number of halogens is 2. The van der Waals surface area contributed by atoms with Crippen LogP contribution in [0.4, 0.5) is 0 Å². The van der Waals surface area contributed by atoms with E-state index in [4.69, 9.17) is 0 Å². The van der Waals surface area contributed by atoms with Crippen molar-refractivity contribution in [2.45, 2.75) is 69.3 Å². The summed E-state index contributed by atoms with van der Waals surface area (Å²) in [5.41, 5.74) is 4.54. The summed E-state index contributed by atoms with van der Waals surface area (Å²) >= 11 is -2.21. The Morgan fingerprint density at radius 3 is 2.00 bits per heavy atom. The Kier molecular flexibility index (Phi) is 7.48. The Morgan fingerprint density at radius 1 is 1.00 bits per heavy atom. The van der Waals surface area contributed by atoms with E-state index in [9.17, 15) is 4.79 Å². The zero-order valence-electron chi connectivity index (χ0n) is 14.8. The molecule has 0 aromatic heterocycles. The number of hydrogen-bond acceptors (Lipinski definition) is 1. The molecule has 3 rings (SSSR count). The SMILES string of the molecule is CC1=C(C)C(C)[C]([Ti+2]2([NH]C(=O)C3CCCCC3)[CH2][CH2]2)=C1C.[Cl-].[Cl-]. The van der Waals surface area contributed by atoms with E-state index in [1.54, 1.807) is 3.88 Å². The van der Waals surface area contributed by atoms with Gasteiger partial charge in [0.25, 0.3) is 0 Å². The van der Waals surface area contributed by atoms with Crippen LogP contribution in [0.2, 0.25) is 9.45 Å². The molecule has 130 valence electrons. The summed E-state index contributed by atoms with van der Waals surface area (Å²) in [4.78, 5) is 12.7. The Balaban J connectivity index is 0.00000132. The first-order valence-corrected chi connectivity index (χ1v) is 12.4. The molecule has 1 N–H and O–H groups in total. The second-order valence-corrected chi connectivity index (χ2v) is 13.6. The van der Waals surface area contributed by atoms with E-state index in [2.05, 4.69) is 31.5 Å². The first kappa shape index (κ1) is 21.3. The van der Waals surface area contributed by atoms with E-state index < -0.39 is 16.8 Å². The van der Waals surface area contributed by atoms with E-state index >= 15 is 0 Å². The molecule has 0 aromatic rings. The zero-order valence-corrected chi connectivity index (χ0v) is 17.8. The molecule has 3 aliphatic rings. The number of allylic oxidation sites excluding steroid dienone is 4. The zero-order chi connectivity index (χ0) is 15.2. The van der Waals surface area contributed by atoms with Gasteiger partial charge in [0.2, 0.25) is 0 Å². The molecule has 1 aliphatic heterocycles. The van der Waals surface area contributed by atoms with Gasteiger partial charge in [-0.15, -0.1) is 0 Å². The Bertz CT molecular complexity index is 531. The normalized spacial score (nSPS) is 25.1. The Labute approximate surface area is 157 Å². The van der Waals surface area contributed by atoms with E-state index in [1.807, 2.05) is 0 Å². The van der Waals surface area contributed by atoms with Crippen molar-refractivity contribution in [2.75, 3.05) is 0 Å². The van der Waals surface area contributed by atoms with Crippen molar-refractivity contribution in [3.63, 3.8) is 0 Å². The molecular weight excluding hydrogens is 365 g/mol. The molecule has 0 radical (unpaired) electrons. The van der Waals surface area contributed by atoms with Crippen LogP contribution in [0.1, 0.15) is 59.8 Å². The van der Waals surface area contributed by atoms with Crippen LogP contribution in [-0.4, -0.2) is 5.91 Å². The minimum atomic E-state index is -2.21. The average molecular weight is 394 g/mol. The third-order valence-electron chi connectivity index (χ3n) is 6.24. The second kappa shape index (κ2) is 8.08. The van der Waals surface area contributed by atoms with Gasteiger partial charge in [0.05, 0.1) is 0 Å². The quantitative estimate of drug-likeness (QED) is 0.604. The summed E-state index contributed by atoms with van der Waals surface area (Å²) in [5.74, 6) is 1.30. The summed E-state index contributed by atoms with van der Waals surface area (Å²) in [6, 6.07) is 0. The monoisotopic (exact) mass is 393 g/mol. The average Bonchev–Trinajstić information content (AvgIpc) is 3.22. The predicted molar refractivity (Wildman–Crippen MR) is 84.6 cm³/mol. The number of amides is 1. The molecule has 1 heterocycles. The fourth-order valence-corrected chi connectivity index (χ4v) is 12.0. The number of rotatable bonds is 3. The number of carbonyl (C=O) groups is 1. The van der Waals surface area contributed by atoms with Crippen LogP contribution >= 0.6 is 0 Å². The fourth-order valence-electron chi connectivity index (χ4n) is 4.43. The van der Waals surface area contributed by atoms with Crippen LogP contribution in [0.25, 0.3) is 0 Å². The summed E-state index contributed by atoms with van der Waals surface area (Å²) in [5, 5.41) is 0. The van der Waals surface area contributed by atoms with Gasteiger partial charge in [-0.1, -0.05) is 0 Å². The topological polar surface area (TPSA) is 29.1 Å². The molecule has 0 aromatic carbocycles. The largest absolute Gasteiger partial charge is 1.00 e. The molecule has 1 unspecified atom stereocenters. The predicted octanol–water partition coefficient (Wildman–Crippen LogP) is -1.13. The third kappa shape index (κ3) is 3.92. The van der Waals surface area contributed by atoms with Gasteiger partial charge in [-0.2, -0.15) is 0 Å². The molecular formula is C18H29Cl2NOTi. The van der Waals surface area contributed by atoms with E-state index in [0.29, 0.717) is 17.7 Å². The molecule has 2 nitrogen and oxygen atoms in total. The first-order valence-electron chi connectivity index (χ1n) is 8.67. The van der Waals surface area contributed by atoms with Gasteiger partial charge in [-0.3, -0.25) is 0 Å². The van der Waals surface area contributed by atoms with Gasteiger partial charge < -0.3 is 24.8 Å². The fraction of sp³-hybridized carbons (Fsp3) is 0.722. The molecule has 2 fully saturated rings. The Morgan fingerprint density at radius 2 is 1.57 bits per heavy atom. The van der Waals surface area contributed by atoms with Crippen molar-refractivity contribution in [1.82, 2.24) is 3.80 Å². The summed E-state index contributed by atoms with van der Waals surface area (Å²) in [6.07, 6.45) is 6.05. The van der Waals surface area contributed by atoms with Gasteiger partial charge in [-0.05, 0) is 0 Å². The molecule has 0 bridgehead atoms. The van der Waals surface area contributed by atoms with Crippen LogP contribution in [0.3, 0.4) is 0 Å². The molecule has 5 heteroatoms. The van der Waals surface area contributed by atoms with Crippen molar-refractivity contribution < 1.29 is 46.5 Å². The summed E-state index contributed by atoms with van der Waals surface area (Å²) < 4.78 is 7.97. The Hall–Kier alpha value is 0.244. The molecule has 1 saturated carbocycles. The van der Waals surface area contributed by atoms with Crippen molar-refractivity contribution in [2.24, 2.45) is 11.8 Å². The van der Waals surface area contributed by atoms with Gasteiger partial charge in [0.1, 0.15) is 0 Å². The van der Waals surface area contributed by atoms with Crippen molar-refractivity contribution in [1.29, 1.82) is 0 Å². The van der Waals surface area contributed by atoms with Crippen molar-refractivity contribution in [3.8, 4) is 0 Å². The van der Waals surface area contributed by atoms with E-state index in [1.165, 1.54) is 45.4 Å². The maximum absolute atomic E-state index is 12.7. The molecule has 1 saturated heterocycles. The minimum Gasteiger partial charge on any atom is -1.00 e. The minimum absolute atomic E-state index is 0. The van der Waals surface area contributed by atoms with Crippen LogP contribution in [0.15, 0.2) is 20.6 Å². The van der Waals surface area contributed by atoms with Crippen LogP contribution < -0.4 is 28.6 Å². The van der Waals surface area contributed by atoms with Gasteiger partial charge in [0, 0.05) is 0 Å². The standard InChI is InChI=1S/C9H13.C7H13NO.C2H4.2ClH.Ti/c1-6-5-7(2)9(4)8(6)3;8-7(9)6-4-2-1-3-5-6;1-2;;;/h6H,1-4H3;6H,1-5H2,(H2,8,9);1-2H2;2*1H;/q;;;;;+3/p-3. The third-order valence-corrected chi connectivity index (χ3v) is 12.6. The maximum Gasteiger partial charge on any atom is -1.00 e. The molecule has 0 spiro atoms. The smallest absolute Gasteiger partial charge is 1.00 e. The molecule has 23 heavy (non-hydrogen) atoms. The molecule has 1 atom stereocenters. The van der Waals surface area contributed by atoms with Gasteiger partial charge >= 0.3 is 133 Å². The maximum atomic E-state index is 12.7. The van der Waals surface area contributed by atoms with Crippen molar-refractivity contribution >= 4 is 5.91 Å². The second-order valence-electron chi connectivity index (χ2n) is 7.47. The van der Waals surface area contributed by atoms with Crippen molar-refractivity contribution in [3.05, 3.63) is 20.6 Å². The first-order chi connectivity index (χ1) is 9.96. The molecule has 2 aliphatic carbocycles. The summed E-state index contributed by atoms with van der Waals surface area (Å²) in [7, 11) is 0. The van der Waals surface area contributed by atoms with Crippen LogP contribution in [0.5, 0.6) is 0 Å². The van der Waals surface area contributed by atoms with Gasteiger partial charge in [-0.25, -0.2) is 0 Å². The van der Waals surface area contributed by atoms with Gasteiger partial charge in [0.15, 0.2) is 0 Å². The van der Waals surface area contributed by atoms with Crippen LogP contribution in [-0.2, 0) is 21.6 Å². The number of carbonyl (C=O) groups excluding carboxylic acids is 1. The number of hydrogen-bond donors (Lipinski definition) is 1. The van der Waals surface area contributed by atoms with E-state index in [0.717, 1.165) is 12.8 Å². The summed E-state index contributed by atoms with van der Waals surface area (Å²) in [6.45, 7) is 9.17.